The number of fused-ring (bicyclic) bond motifs is 1. The van der Waals surface area contributed by atoms with Crippen molar-refractivity contribution in [2.75, 3.05) is 6.54 Å². The molecule has 0 unspecified atom stereocenters. The second-order valence-corrected chi connectivity index (χ2v) is 8.59. The number of rotatable bonds is 7. The van der Waals surface area contributed by atoms with Gasteiger partial charge in [0, 0.05) is 17.5 Å². The van der Waals surface area contributed by atoms with Crippen LogP contribution in [-0.2, 0) is 6.42 Å². The first kappa shape index (κ1) is 21.8. The Morgan fingerprint density at radius 1 is 1.09 bits per heavy atom. The normalized spacial score (nSPS) is 11.3. The van der Waals surface area contributed by atoms with Gasteiger partial charge in [0.05, 0.1) is 34.4 Å². The van der Waals surface area contributed by atoms with E-state index in [0.717, 1.165) is 46.4 Å². The average Bonchev–Trinajstić information content (AvgIpc) is 3.19. The molecule has 32 heavy (non-hydrogen) atoms. The minimum atomic E-state index is -0.0642. The number of carbonyl (C=O) groups is 1. The summed E-state index contributed by atoms with van der Waals surface area (Å²) in [5, 5.41) is 8.55. The molecule has 4 aromatic rings. The van der Waals surface area contributed by atoms with Crippen LogP contribution < -0.4 is 5.32 Å². The number of hydrogen-bond acceptors (Lipinski definition) is 3. The van der Waals surface area contributed by atoms with Crippen LogP contribution in [0.2, 0.25) is 0 Å². The van der Waals surface area contributed by atoms with E-state index in [4.69, 9.17) is 4.98 Å². The van der Waals surface area contributed by atoms with Gasteiger partial charge in [-0.05, 0) is 55.5 Å². The van der Waals surface area contributed by atoms with E-state index in [-0.39, 0.29) is 5.91 Å². The number of benzene rings is 2. The number of aryl methyl sites for hydroxylation is 1. The quantitative estimate of drug-likeness (QED) is 0.410. The van der Waals surface area contributed by atoms with E-state index >= 15 is 0 Å². The zero-order valence-electron chi connectivity index (χ0n) is 19.2. The standard InChI is InChI=1S/C27H30N4O/c1-5-20-10-12-21(13-11-20)31-19(4)24(17-29-31)26-16-23(27(32)28-15-14-18(2)3)22-8-6-7-9-25(22)30-26/h6-13,16-18H,5,14-15H2,1-4H3,(H,28,32). The van der Waals surface area contributed by atoms with Gasteiger partial charge in [-0.15, -0.1) is 0 Å². The monoisotopic (exact) mass is 426 g/mol. The Bertz CT molecular complexity index is 1240. The first-order valence-electron chi connectivity index (χ1n) is 11.3. The van der Waals surface area contributed by atoms with Crippen molar-refractivity contribution in [1.29, 1.82) is 0 Å². The van der Waals surface area contributed by atoms with Gasteiger partial charge in [-0.3, -0.25) is 4.79 Å². The summed E-state index contributed by atoms with van der Waals surface area (Å²) in [5.41, 5.74) is 6.43. The highest BCUT2D eigenvalue weighted by molar-refractivity contribution is 6.07. The Morgan fingerprint density at radius 2 is 1.84 bits per heavy atom. The number of carbonyl (C=O) groups excluding carboxylic acids is 1. The lowest BCUT2D eigenvalue weighted by atomic mass is 10.0. The van der Waals surface area contributed by atoms with Crippen LogP contribution in [0.1, 0.15) is 48.8 Å². The molecule has 2 aromatic carbocycles. The van der Waals surface area contributed by atoms with Gasteiger partial charge in [0.2, 0.25) is 0 Å². The summed E-state index contributed by atoms with van der Waals surface area (Å²) in [6, 6.07) is 18.1. The third-order valence-corrected chi connectivity index (χ3v) is 5.84. The number of nitrogens with one attached hydrogen (secondary N) is 1. The molecule has 0 atom stereocenters. The Labute approximate surface area is 189 Å². The van der Waals surface area contributed by atoms with Crippen LogP contribution >= 0.6 is 0 Å². The van der Waals surface area contributed by atoms with Crippen LogP contribution in [-0.4, -0.2) is 27.2 Å². The largest absolute Gasteiger partial charge is 0.352 e. The Hall–Kier alpha value is -3.47. The predicted molar refractivity (Wildman–Crippen MR) is 130 cm³/mol. The molecule has 1 N–H and O–H groups in total. The Kier molecular flexibility index (Phi) is 6.35. The zero-order chi connectivity index (χ0) is 22.7. The third-order valence-electron chi connectivity index (χ3n) is 5.84. The molecular weight excluding hydrogens is 396 g/mol. The highest BCUT2D eigenvalue weighted by Crippen LogP contribution is 2.28. The Balaban J connectivity index is 1.73. The van der Waals surface area contributed by atoms with Crippen molar-refractivity contribution in [1.82, 2.24) is 20.1 Å². The molecule has 4 rings (SSSR count). The van der Waals surface area contributed by atoms with Gasteiger partial charge in [0.15, 0.2) is 0 Å². The number of aromatic nitrogens is 3. The fourth-order valence-corrected chi connectivity index (χ4v) is 3.87. The van der Waals surface area contributed by atoms with E-state index in [0.29, 0.717) is 18.0 Å². The molecule has 0 aliphatic carbocycles. The summed E-state index contributed by atoms with van der Waals surface area (Å²) < 4.78 is 1.92. The van der Waals surface area contributed by atoms with Gasteiger partial charge in [-0.1, -0.05) is 51.1 Å². The summed E-state index contributed by atoms with van der Waals surface area (Å²) in [6.45, 7) is 9.15. The SMILES string of the molecule is CCc1ccc(-n2ncc(-c3cc(C(=O)NCCC(C)C)c4ccccc4n3)c2C)cc1. The molecule has 0 aliphatic rings. The number of nitrogens with zero attached hydrogens (tertiary/aromatic N) is 3. The minimum absolute atomic E-state index is 0.0642. The summed E-state index contributed by atoms with van der Waals surface area (Å²) >= 11 is 0. The smallest absolute Gasteiger partial charge is 0.252 e. The van der Waals surface area contributed by atoms with Crippen molar-refractivity contribution in [2.24, 2.45) is 5.92 Å². The van der Waals surface area contributed by atoms with Crippen molar-refractivity contribution in [2.45, 2.75) is 40.5 Å². The van der Waals surface area contributed by atoms with Crippen molar-refractivity contribution < 1.29 is 4.79 Å². The van der Waals surface area contributed by atoms with E-state index in [2.05, 4.69) is 55.5 Å². The van der Waals surface area contributed by atoms with Gasteiger partial charge >= 0.3 is 0 Å². The zero-order valence-corrected chi connectivity index (χ0v) is 19.2. The molecule has 0 fully saturated rings. The van der Waals surface area contributed by atoms with Gasteiger partial charge in [-0.25, -0.2) is 9.67 Å². The molecule has 2 aromatic heterocycles. The van der Waals surface area contributed by atoms with Gasteiger partial charge in [-0.2, -0.15) is 5.10 Å². The number of pyridine rings is 1. The molecule has 0 spiro atoms. The lowest BCUT2D eigenvalue weighted by molar-refractivity contribution is 0.0953. The van der Waals surface area contributed by atoms with Crippen molar-refractivity contribution in [3.8, 4) is 16.9 Å². The fraction of sp³-hybridized carbons (Fsp3) is 0.296. The molecular formula is C27H30N4O. The second kappa shape index (κ2) is 9.35. The van der Waals surface area contributed by atoms with Crippen molar-refractivity contribution in [3.05, 3.63) is 77.6 Å². The molecule has 0 radical (unpaired) electrons. The summed E-state index contributed by atoms with van der Waals surface area (Å²) in [4.78, 5) is 17.9. The van der Waals surface area contributed by atoms with Crippen LogP contribution in [0.25, 0.3) is 27.8 Å². The molecule has 0 saturated carbocycles. The molecule has 5 nitrogen and oxygen atoms in total. The first-order chi connectivity index (χ1) is 15.5. The maximum atomic E-state index is 13.0. The minimum Gasteiger partial charge on any atom is -0.352 e. The van der Waals surface area contributed by atoms with E-state index in [1.165, 1.54) is 5.56 Å². The predicted octanol–water partition coefficient (Wildman–Crippen LogP) is 5.73. The van der Waals surface area contributed by atoms with Crippen LogP contribution in [0.4, 0.5) is 0 Å². The van der Waals surface area contributed by atoms with Crippen LogP contribution in [0, 0.1) is 12.8 Å². The van der Waals surface area contributed by atoms with Gasteiger partial charge < -0.3 is 5.32 Å². The molecule has 0 aliphatic heterocycles. The summed E-state index contributed by atoms with van der Waals surface area (Å²) in [7, 11) is 0. The van der Waals surface area contributed by atoms with E-state index < -0.39 is 0 Å². The van der Waals surface area contributed by atoms with Crippen LogP contribution in [0.5, 0.6) is 0 Å². The number of hydrogen-bond donors (Lipinski definition) is 1. The topological polar surface area (TPSA) is 59.8 Å². The van der Waals surface area contributed by atoms with Crippen molar-refractivity contribution >= 4 is 16.8 Å². The molecule has 0 bridgehead atoms. The fourth-order valence-electron chi connectivity index (χ4n) is 3.87. The van der Waals surface area contributed by atoms with Crippen molar-refractivity contribution in [3.63, 3.8) is 0 Å². The number of para-hydroxylation sites is 1. The van der Waals surface area contributed by atoms with E-state index in [1.807, 2.05) is 48.1 Å². The molecule has 5 heteroatoms. The summed E-state index contributed by atoms with van der Waals surface area (Å²) in [5.74, 6) is 0.477. The van der Waals surface area contributed by atoms with Crippen LogP contribution in [0.3, 0.4) is 0 Å². The molecule has 2 heterocycles. The highest BCUT2D eigenvalue weighted by atomic mass is 16.1. The second-order valence-electron chi connectivity index (χ2n) is 8.59. The maximum Gasteiger partial charge on any atom is 0.252 e. The first-order valence-corrected chi connectivity index (χ1v) is 11.3. The molecule has 1 amide bonds. The van der Waals surface area contributed by atoms with E-state index in [1.54, 1.807) is 0 Å². The summed E-state index contributed by atoms with van der Waals surface area (Å²) in [6.07, 6.45) is 3.79. The third kappa shape index (κ3) is 4.42. The lowest BCUT2D eigenvalue weighted by Crippen LogP contribution is -2.25. The number of amides is 1. The molecule has 164 valence electrons. The van der Waals surface area contributed by atoms with Gasteiger partial charge in [0.1, 0.15) is 0 Å². The van der Waals surface area contributed by atoms with E-state index in [9.17, 15) is 4.79 Å². The lowest BCUT2D eigenvalue weighted by Gasteiger charge is -2.11. The van der Waals surface area contributed by atoms with Gasteiger partial charge in [0.25, 0.3) is 5.91 Å². The Morgan fingerprint density at radius 3 is 2.56 bits per heavy atom. The average molecular weight is 427 g/mol. The highest BCUT2D eigenvalue weighted by Gasteiger charge is 2.17. The van der Waals surface area contributed by atoms with Crippen LogP contribution in [0.15, 0.2) is 60.8 Å². The maximum absolute atomic E-state index is 13.0. The molecule has 0 saturated heterocycles.